The zero-order valence-corrected chi connectivity index (χ0v) is 37.3. The number of hydrogen-bond donors (Lipinski definition) is 2. The predicted molar refractivity (Wildman–Crippen MR) is 240 cm³/mol. The lowest BCUT2D eigenvalue weighted by molar-refractivity contribution is -0.123. The highest BCUT2D eigenvalue weighted by molar-refractivity contribution is 7.13. The van der Waals surface area contributed by atoms with Crippen molar-refractivity contribution in [3.63, 3.8) is 0 Å². The van der Waals surface area contributed by atoms with Gasteiger partial charge < -0.3 is 14.4 Å². The van der Waals surface area contributed by atoms with Crippen LogP contribution in [0.1, 0.15) is 78.9 Å². The van der Waals surface area contributed by atoms with Crippen molar-refractivity contribution in [3.8, 4) is 11.1 Å². The van der Waals surface area contributed by atoms with Gasteiger partial charge in [0, 0.05) is 86.3 Å². The van der Waals surface area contributed by atoms with Gasteiger partial charge in [-0.15, -0.1) is 11.3 Å². The van der Waals surface area contributed by atoms with Crippen LogP contribution in [-0.4, -0.2) is 133 Å². The van der Waals surface area contributed by atoms with E-state index in [1.165, 1.54) is 22.3 Å². The lowest BCUT2D eigenvalue weighted by atomic mass is 9.96. The number of piperazine rings is 1. The van der Waals surface area contributed by atoms with Gasteiger partial charge in [0.15, 0.2) is 11.2 Å². The van der Waals surface area contributed by atoms with E-state index in [4.69, 9.17) is 0 Å². The Hall–Kier alpha value is -6.97. The Morgan fingerprint density at radius 1 is 0.853 bits per heavy atom. The smallest absolute Gasteiger partial charge is 0.343 e. The number of amides is 7. The number of urea groups is 1. The number of alkyl halides is 2. The molecular weight excluding hydrogens is 904 g/mol. The Morgan fingerprint density at radius 2 is 1.65 bits per heavy atom. The quantitative estimate of drug-likeness (QED) is 0.182. The molecule has 0 aliphatic carbocycles. The van der Waals surface area contributed by atoms with Gasteiger partial charge in [-0.3, -0.25) is 44.4 Å². The van der Waals surface area contributed by atoms with Gasteiger partial charge in [0.1, 0.15) is 5.82 Å². The molecular formula is C47H44F3N11O6S. The van der Waals surface area contributed by atoms with Gasteiger partial charge in [0.05, 0.1) is 48.8 Å². The van der Waals surface area contributed by atoms with Crippen molar-refractivity contribution < 1.29 is 41.9 Å². The zero-order valence-electron chi connectivity index (χ0n) is 36.5. The van der Waals surface area contributed by atoms with Crippen molar-refractivity contribution in [1.29, 1.82) is 0 Å². The van der Waals surface area contributed by atoms with Gasteiger partial charge >= 0.3 is 6.03 Å². The number of imidazole rings is 1. The van der Waals surface area contributed by atoms with E-state index in [1.807, 2.05) is 9.47 Å². The summed E-state index contributed by atoms with van der Waals surface area (Å²) in [6.07, 6.45) is 5.00. The first-order valence-corrected chi connectivity index (χ1v) is 23.4. The number of piperidine rings is 1. The fraction of sp³-hybridized carbons (Fsp3) is 0.362. The summed E-state index contributed by atoms with van der Waals surface area (Å²) in [6.45, 7) is 2.72. The van der Waals surface area contributed by atoms with E-state index in [0.717, 1.165) is 34.2 Å². The number of hydrogen-bond acceptors (Lipinski definition) is 12. The number of hydrazine groups is 1. The molecule has 0 spiro atoms. The third-order valence-corrected chi connectivity index (χ3v) is 14.6. The molecule has 2 atom stereocenters. The summed E-state index contributed by atoms with van der Waals surface area (Å²) in [6, 6.07) is 11.9. The summed E-state index contributed by atoms with van der Waals surface area (Å²) < 4.78 is 50.1. The number of halogens is 3. The average Bonchev–Trinajstić information content (AvgIpc) is 4.17. The standard InChI is InChI=1S/C47H44F3N11O6S/c48-35-22-29(21-33-34(35)24-59(42(33)64)40(41(63)54-45-51-11-19-68-45)39-36-2-1-12-58(36)26-52-39)28-4-6-30(7-5-28)57-13-9-37(47(49,50)25-57)56-17-15-55(16-18-56)23-27-3-8-31-32(20-27)44(66)61(43(31)65)60-14-10-38(62)53-46(60)67/h3-8,11,19-22,26,37,40H,1-2,9-10,12-18,23-25H2,(H,51,54,63)(H,53,62,67). The van der Waals surface area contributed by atoms with E-state index in [1.54, 1.807) is 71.3 Å². The number of aromatic nitrogens is 3. The number of carbonyl (C=O) groups is 6. The molecule has 11 rings (SSSR count). The SMILES string of the molecule is O=C1CCN(N2C(=O)c3ccc(CN4CCN(C5CCN(c6ccc(-c7cc(F)c8c(c7)C(=O)N(C(C(=O)Nc7nccs7)c7ncn9c7CCC9)C8)cc6)CC5(F)F)CC4)cc3C2=O)C(=O)N1. The highest BCUT2D eigenvalue weighted by Crippen LogP contribution is 2.40. The number of fused-ring (bicyclic) bond motifs is 3. The van der Waals surface area contributed by atoms with Crippen molar-refractivity contribution in [1.82, 2.24) is 44.6 Å². The highest BCUT2D eigenvalue weighted by Gasteiger charge is 2.49. The number of nitrogens with zero attached hydrogens (tertiary/aromatic N) is 9. The lowest BCUT2D eigenvalue weighted by Crippen LogP contribution is -2.61. The number of anilines is 2. The number of imide groups is 2. The van der Waals surface area contributed by atoms with Crippen molar-refractivity contribution in [3.05, 3.63) is 118 Å². The summed E-state index contributed by atoms with van der Waals surface area (Å²) >= 11 is 1.24. The maximum atomic E-state index is 16.1. The van der Waals surface area contributed by atoms with E-state index in [9.17, 15) is 28.8 Å². The molecule has 2 aromatic heterocycles. The Labute approximate surface area is 391 Å². The third-order valence-electron chi connectivity index (χ3n) is 13.9. The largest absolute Gasteiger partial charge is 0.365 e. The molecule has 0 bridgehead atoms. The van der Waals surface area contributed by atoms with E-state index in [-0.39, 0.29) is 48.2 Å². The van der Waals surface area contributed by atoms with E-state index < -0.39 is 65.9 Å². The topological polar surface area (TPSA) is 177 Å². The Bertz CT molecular complexity index is 2900. The first-order chi connectivity index (χ1) is 32.8. The van der Waals surface area contributed by atoms with Gasteiger partial charge in [-0.05, 0) is 72.4 Å². The molecule has 3 saturated heterocycles. The van der Waals surface area contributed by atoms with Crippen LogP contribution in [0.2, 0.25) is 0 Å². The molecule has 17 nitrogen and oxygen atoms in total. The van der Waals surface area contributed by atoms with Crippen LogP contribution in [0, 0.1) is 5.82 Å². The number of carbonyl (C=O) groups excluding carboxylic acids is 6. The summed E-state index contributed by atoms with van der Waals surface area (Å²) in [4.78, 5) is 94.1. The highest BCUT2D eigenvalue weighted by atomic mass is 32.1. The van der Waals surface area contributed by atoms with Crippen LogP contribution in [0.4, 0.5) is 28.8 Å². The third kappa shape index (κ3) is 7.67. The fourth-order valence-electron chi connectivity index (χ4n) is 10.5. The number of aryl methyl sites for hydroxylation is 1. The van der Waals surface area contributed by atoms with Crippen LogP contribution in [0.15, 0.2) is 72.5 Å². The number of rotatable bonds is 10. The molecule has 2 N–H and O–H groups in total. The molecule has 0 radical (unpaired) electrons. The van der Waals surface area contributed by atoms with Crippen molar-refractivity contribution in [2.24, 2.45) is 0 Å². The monoisotopic (exact) mass is 947 g/mol. The van der Waals surface area contributed by atoms with Crippen LogP contribution in [0.25, 0.3) is 11.1 Å². The minimum atomic E-state index is -3.03. The summed E-state index contributed by atoms with van der Waals surface area (Å²) in [5, 5.41) is 8.74. The van der Waals surface area contributed by atoms with Crippen molar-refractivity contribution >= 4 is 57.7 Å². The first-order valence-electron chi connectivity index (χ1n) is 22.5. The molecule has 3 fully saturated rings. The Morgan fingerprint density at radius 3 is 2.40 bits per heavy atom. The molecule has 6 aliphatic heterocycles. The molecule has 8 heterocycles. The minimum Gasteiger partial charge on any atom is -0.365 e. The van der Waals surface area contributed by atoms with E-state index in [2.05, 4.69) is 25.5 Å². The van der Waals surface area contributed by atoms with Gasteiger partial charge in [0.25, 0.3) is 29.6 Å². The van der Waals surface area contributed by atoms with Crippen LogP contribution in [-0.2, 0) is 35.6 Å². The molecule has 2 unspecified atom stereocenters. The number of thiazole rings is 1. The van der Waals surface area contributed by atoms with Gasteiger partial charge in [-0.2, -0.15) is 5.01 Å². The zero-order chi connectivity index (χ0) is 47.0. The Kier molecular flexibility index (Phi) is 10.9. The first kappa shape index (κ1) is 43.6. The van der Waals surface area contributed by atoms with Crippen LogP contribution >= 0.6 is 11.3 Å². The fourth-order valence-corrected chi connectivity index (χ4v) is 11.0. The second-order valence-electron chi connectivity index (χ2n) is 17.9. The van der Waals surface area contributed by atoms with E-state index in [0.29, 0.717) is 73.3 Å². The van der Waals surface area contributed by atoms with Gasteiger partial charge in [0.2, 0.25) is 5.91 Å². The molecule has 3 aromatic carbocycles. The summed E-state index contributed by atoms with van der Waals surface area (Å²) in [5.41, 5.74) is 4.35. The van der Waals surface area contributed by atoms with Crippen LogP contribution in [0.5, 0.6) is 0 Å². The maximum Gasteiger partial charge on any atom is 0.343 e. The molecule has 68 heavy (non-hydrogen) atoms. The molecule has 5 aromatic rings. The maximum absolute atomic E-state index is 16.1. The van der Waals surface area contributed by atoms with E-state index >= 15 is 13.2 Å². The van der Waals surface area contributed by atoms with Gasteiger partial charge in [-0.1, -0.05) is 18.2 Å². The number of nitrogens with one attached hydrogen (secondary N) is 2. The summed E-state index contributed by atoms with van der Waals surface area (Å²) in [7, 11) is 0. The second-order valence-corrected chi connectivity index (χ2v) is 18.8. The lowest BCUT2D eigenvalue weighted by Gasteiger charge is -2.47. The number of benzene rings is 3. The minimum absolute atomic E-state index is 0.0415. The van der Waals surface area contributed by atoms with Crippen molar-refractivity contribution in [2.45, 2.75) is 63.3 Å². The molecule has 7 amide bonds. The molecule has 350 valence electrons. The van der Waals surface area contributed by atoms with Crippen molar-refractivity contribution in [2.75, 3.05) is 56.0 Å². The Balaban J connectivity index is 0.717. The summed E-state index contributed by atoms with van der Waals surface area (Å²) in [5.74, 6) is -6.40. The normalized spacial score (nSPS) is 21.0. The second kappa shape index (κ2) is 17.0. The predicted octanol–water partition coefficient (Wildman–Crippen LogP) is 4.91. The van der Waals surface area contributed by atoms with Crippen LogP contribution < -0.4 is 15.5 Å². The molecule has 0 saturated carbocycles. The average molecular weight is 948 g/mol. The van der Waals surface area contributed by atoms with Gasteiger partial charge in [-0.25, -0.2) is 32.9 Å². The molecule has 6 aliphatic rings. The van der Waals surface area contributed by atoms with Crippen LogP contribution in [0.3, 0.4) is 0 Å². The molecule has 21 heteroatoms.